The van der Waals surface area contributed by atoms with Crippen LogP contribution in [0.4, 0.5) is 0 Å². The lowest BCUT2D eigenvalue weighted by Crippen LogP contribution is -2.08. The Morgan fingerprint density at radius 3 is 2.39 bits per heavy atom. The van der Waals surface area contributed by atoms with Crippen molar-refractivity contribution in [3.05, 3.63) is 59.9 Å². The van der Waals surface area contributed by atoms with E-state index in [0.29, 0.717) is 17.3 Å². The number of fused-ring (bicyclic) bond motifs is 1. The van der Waals surface area contributed by atoms with E-state index in [4.69, 9.17) is 0 Å². The summed E-state index contributed by atoms with van der Waals surface area (Å²) >= 11 is 0. The van der Waals surface area contributed by atoms with Crippen LogP contribution < -0.4 is 0 Å². The molecule has 23 heavy (non-hydrogen) atoms. The number of hydrogen-bond acceptors (Lipinski definition) is 4. The van der Waals surface area contributed by atoms with Gasteiger partial charge in [-0.05, 0) is 36.8 Å². The average molecular weight is 330 g/mol. The molecule has 1 N–H and O–H groups in total. The topological polar surface area (TPSA) is 72.2 Å². The molecule has 0 saturated carbocycles. The van der Waals surface area contributed by atoms with Gasteiger partial charge in [0.25, 0.3) is 0 Å². The fourth-order valence-electron chi connectivity index (χ4n) is 2.60. The minimum atomic E-state index is -3.20. The van der Waals surface area contributed by atoms with Gasteiger partial charge in [-0.1, -0.05) is 24.3 Å². The number of hydrogen-bond donors (Lipinski definition) is 1. The van der Waals surface area contributed by atoms with Crippen LogP contribution in [0.5, 0.6) is 0 Å². The number of sulfone groups is 1. The van der Waals surface area contributed by atoms with E-state index in [1.54, 1.807) is 31.2 Å². The molecule has 0 radical (unpaired) electrons. The van der Waals surface area contributed by atoms with E-state index in [0.717, 1.165) is 16.6 Å². The largest absolute Gasteiger partial charge is 0.385 e. The van der Waals surface area contributed by atoms with Crippen molar-refractivity contribution in [1.82, 2.24) is 9.55 Å². The Labute approximate surface area is 135 Å². The first kappa shape index (κ1) is 15.7. The first-order valence-electron chi connectivity index (χ1n) is 7.28. The van der Waals surface area contributed by atoms with Crippen molar-refractivity contribution in [2.45, 2.75) is 24.5 Å². The highest BCUT2D eigenvalue weighted by atomic mass is 32.2. The van der Waals surface area contributed by atoms with E-state index in [1.807, 2.05) is 28.8 Å². The molecule has 120 valence electrons. The number of para-hydroxylation sites is 2. The van der Waals surface area contributed by atoms with Crippen molar-refractivity contribution in [3.8, 4) is 0 Å². The summed E-state index contributed by atoms with van der Waals surface area (Å²) in [7, 11) is -3.20. The third kappa shape index (κ3) is 3.13. The number of imidazole rings is 1. The lowest BCUT2D eigenvalue weighted by Gasteiger charge is -2.11. The Morgan fingerprint density at radius 1 is 1.13 bits per heavy atom. The van der Waals surface area contributed by atoms with Crippen molar-refractivity contribution in [2.75, 3.05) is 6.26 Å². The zero-order chi connectivity index (χ0) is 16.6. The molecule has 1 heterocycles. The van der Waals surface area contributed by atoms with Crippen molar-refractivity contribution < 1.29 is 13.5 Å². The van der Waals surface area contributed by atoms with E-state index >= 15 is 0 Å². The van der Waals surface area contributed by atoms with E-state index in [9.17, 15) is 13.5 Å². The van der Waals surface area contributed by atoms with Gasteiger partial charge in [-0.3, -0.25) is 0 Å². The smallest absolute Gasteiger partial charge is 0.175 e. The van der Waals surface area contributed by atoms with Crippen molar-refractivity contribution in [3.63, 3.8) is 0 Å². The van der Waals surface area contributed by atoms with Crippen molar-refractivity contribution in [1.29, 1.82) is 0 Å². The van der Waals surface area contributed by atoms with Gasteiger partial charge in [0.05, 0.1) is 15.9 Å². The number of aliphatic hydroxyl groups is 1. The fraction of sp³-hybridized carbons (Fsp3) is 0.235. The third-order valence-electron chi connectivity index (χ3n) is 3.75. The molecule has 1 unspecified atom stereocenters. The molecule has 0 spiro atoms. The molecular formula is C17H18N2O3S. The molecule has 6 heteroatoms. The standard InChI is InChI=1S/C17H18N2O3S/c1-12(20)17-18-15-5-3-4-6-16(15)19(17)11-13-7-9-14(10-8-13)23(2,21)22/h3-10,12,20H,11H2,1-2H3. The Hall–Kier alpha value is -2.18. The van der Waals surface area contributed by atoms with Crippen LogP contribution in [0.15, 0.2) is 53.4 Å². The lowest BCUT2D eigenvalue weighted by molar-refractivity contribution is 0.185. The summed E-state index contributed by atoms with van der Waals surface area (Å²) in [5, 5.41) is 9.97. The molecule has 0 aliphatic carbocycles. The van der Waals surface area contributed by atoms with Crippen LogP contribution in [0.1, 0.15) is 24.4 Å². The maximum absolute atomic E-state index is 11.5. The highest BCUT2D eigenvalue weighted by Crippen LogP contribution is 2.22. The van der Waals surface area contributed by atoms with Crippen LogP contribution in [0.25, 0.3) is 11.0 Å². The zero-order valence-corrected chi connectivity index (χ0v) is 13.8. The number of nitrogens with zero attached hydrogens (tertiary/aromatic N) is 2. The summed E-state index contributed by atoms with van der Waals surface area (Å²) in [6, 6.07) is 14.5. The maximum Gasteiger partial charge on any atom is 0.175 e. The van der Waals surface area contributed by atoms with Gasteiger partial charge in [0.15, 0.2) is 9.84 Å². The monoisotopic (exact) mass is 330 g/mol. The van der Waals surface area contributed by atoms with Gasteiger partial charge in [0.1, 0.15) is 11.9 Å². The molecule has 1 aromatic heterocycles. The third-order valence-corrected chi connectivity index (χ3v) is 4.88. The van der Waals surface area contributed by atoms with Gasteiger partial charge < -0.3 is 9.67 Å². The molecule has 0 aliphatic rings. The van der Waals surface area contributed by atoms with Crippen LogP contribution >= 0.6 is 0 Å². The van der Waals surface area contributed by atoms with E-state index in [1.165, 1.54) is 6.26 Å². The van der Waals surface area contributed by atoms with Crippen LogP contribution in [0.3, 0.4) is 0 Å². The normalized spacial score (nSPS) is 13.3. The number of benzene rings is 2. The average Bonchev–Trinajstić information content (AvgIpc) is 2.86. The SMILES string of the molecule is CC(O)c1nc2ccccc2n1Cc1ccc(S(C)(=O)=O)cc1. The molecule has 0 aliphatic heterocycles. The lowest BCUT2D eigenvalue weighted by atomic mass is 10.2. The molecule has 0 fully saturated rings. The molecule has 3 rings (SSSR count). The Bertz CT molecular complexity index is 942. The zero-order valence-electron chi connectivity index (χ0n) is 13.0. The number of rotatable bonds is 4. The summed E-state index contributed by atoms with van der Waals surface area (Å²) < 4.78 is 25.0. The van der Waals surface area contributed by atoms with Crippen molar-refractivity contribution >= 4 is 20.9 Å². The second-order valence-corrected chi connectivity index (χ2v) is 7.65. The second kappa shape index (κ2) is 5.79. The summed E-state index contributed by atoms with van der Waals surface area (Å²) in [4.78, 5) is 4.78. The molecule has 5 nitrogen and oxygen atoms in total. The van der Waals surface area contributed by atoms with E-state index < -0.39 is 15.9 Å². The minimum absolute atomic E-state index is 0.299. The summed E-state index contributed by atoms with van der Waals surface area (Å²) in [5.74, 6) is 0.596. The Kier molecular flexibility index (Phi) is 3.95. The number of aliphatic hydroxyl groups excluding tert-OH is 1. The molecule has 0 saturated heterocycles. The first-order chi connectivity index (χ1) is 10.9. The minimum Gasteiger partial charge on any atom is -0.385 e. The molecule has 2 aromatic carbocycles. The van der Waals surface area contributed by atoms with Crippen LogP contribution in [0.2, 0.25) is 0 Å². The predicted molar refractivity (Wildman–Crippen MR) is 89.0 cm³/mol. The molecule has 1 atom stereocenters. The summed E-state index contributed by atoms with van der Waals surface area (Å²) in [6.45, 7) is 2.20. The highest BCUT2D eigenvalue weighted by Gasteiger charge is 2.15. The van der Waals surface area contributed by atoms with Gasteiger partial charge in [-0.2, -0.15) is 0 Å². The quantitative estimate of drug-likeness (QED) is 0.798. The van der Waals surface area contributed by atoms with Crippen LogP contribution in [-0.2, 0) is 16.4 Å². The number of aromatic nitrogens is 2. The summed E-state index contributed by atoms with van der Waals surface area (Å²) in [5.41, 5.74) is 2.72. The molecule has 3 aromatic rings. The van der Waals surface area contributed by atoms with Crippen molar-refractivity contribution in [2.24, 2.45) is 0 Å². The Morgan fingerprint density at radius 2 is 1.78 bits per heavy atom. The van der Waals surface area contributed by atoms with Crippen LogP contribution in [0, 0.1) is 0 Å². The second-order valence-electron chi connectivity index (χ2n) is 5.64. The van der Waals surface area contributed by atoms with Crippen LogP contribution in [-0.4, -0.2) is 29.3 Å². The van der Waals surface area contributed by atoms with Gasteiger partial charge in [0.2, 0.25) is 0 Å². The Balaban J connectivity index is 2.02. The van der Waals surface area contributed by atoms with Gasteiger partial charge in [-0.25, -0.2) is 13.4 Å². The predicted octanol–water partition coefficient (Wildman–Crippen LogP) is 2.54. The van der Waals surface area contributed by atoms with Gasteiger partial charge in [0, 0.05) is 12.8 Å². The molecule has 0 amide bonds. The highest BCUT2D eigenvalue weighted by molar-refractivity contribution is 7.90. The molecular weight excluding hydrogens is 312 g/mol. The first-order valence-corrected chi connectivity index (χ1v) is 9.17. The van der Waals surface area contributed by atoms with Gasteiger partial charge in [-0.15, -0.1) is 0 Å². The fourth-order valence-corrected chi connectivity index (χ4v) is 3.23. The molecule has 0 bridgehead atoms. The van der Waals surface area contributed by atoms with E-state index in [2.05, 4.69) is 4.98 Å². The maximum atomic E-state index is 11.5. The summed E-state index contributed by atoms with van der Waals surface area (Å²) in [6.07, 6.45) is 0.509. The van der Waals surface area contributed by atoms with Gasteiger partial charge >= 0.3 is 0 Å². The van der Waals surface area contributed by atoms with E-state index in [-0.39, 0.29) is 0 Å².